The molecule has 112 valence electrons. The number of aromatic nitrogens is 3. The van der Waals surface area contributed by atoms with Crippen molar-refractivity contribution in [3.8, 4) is 0 Å². The molecule has 2 aromatic rings. The Labute approximate surface area is 127 Å². The van der Waals surface area contributed by atoms with Crippen molar-refractivity contribution in [2.75, 3.05) is 0 Å². The zero-order valence-corrected chi connectivity index (χ0v) is 12.9. The lowest BCUT2D eigenvalue weighted by atomic mass is 9.75. The Morgan fingerprint density at radius 1 is 1.14 bits per heavy atom. The van der Waals surface area contributed by atoms with Crippen LogP contribution in [0.25, 0.3) is 0 Å². The molecule has 3 heteroatoms. The Kier molecular flexibility index (Phi) is 4.69. The van der Waals surface area contributed by atoms with E-state index in [4.69, 9.17) is 0 Å². The summed E-state index contributed by atoms with van der Waals surface area (Å²) in [6, 6.07) is 9.16. The average molecular weight is 283 g/mol. The standard InChI is InChI=1S/C18H25N3/c1-15-7-9-17(10-8-15)18(16-5-3-2-4-6-16)11-12-21-14-19-13-20-21/h7-10,13-14,16,18H,2-6,11-12H2,1H3/t18-/m0/s1. The fourth-order valence-corrected chi connectivity index (χ4v) is 3.64. The Bertz CT molecular complexity index is 524. The van der Waals surface area contributed by atoms with E-state index in [1.54, 1.807) is 6.33 Å². The van der Waals surface area contributed by atoms with Gasteiger partial charge in [-0.1, -0.05) is 49.1 Å². The number of rotatable bonds is 5. The molecule has 21 heavy (non-hydrogen) atoms. The van der Waals surface area contributed by atoms with Gasteiger partial charge in [-0.05, 0) is 43.6 Å². The molecule has 1 aliphatic carbocycles. The molecule has 0 amide bonds. The van der Waals surface area contributed by atoms with Crippen LogP contribution in [-0.4, -0.2) is 14.8 Å². The fraction of sp³-hybridized carbons (Fsp3) is 0.556. The van der Waals surface area contributed by atoms with Crippen molar-refractivity contribution in [2.24, 2.45) is 5.92 Å². The molecule has 0 spiro atoms. The van der Waals surface area contributed by atoms with Crippen molar-refractivity contribution in [3.63, 3.8) is 0 Å². The monoisotopic (exact) mass is 283 g/mol. The van der Waals surface area contributed by atoms with E-state index in [1.807, 2.05) is 11.0 Å². The lowest BCUT2D eigenvalue weighted by Crippen LogP contribution is -2.18. The van der Waals surface area contributed by atoms with Gasteiger partial charge in [-0.3, -0.25) is 4.68 Å². The first-order chi connectivity index (χ1) is 10.3. The second-order valence-electron chi connectivity index (χ2n) is 6.36. The molecule has 0 aliphatic heterocycles. The molecular weight excluding hydrogens is 258 g/mol. The molecule has 1 fully saturated rings. The zero-order valence-electron chi connectivity index (χ0n) is 12.9. The first kappa shape index (κ1) is 14.3. The van der Waals surface area contributed by atoms with E-state index in [0.29, 0.717) is 5.92 Å². The summed E-state index contributed by atoms with van der Waals surface area (Å²) in [5.41, 5.74) is 2.85. The van der Waals surface area contributed by atoms with Crippen molar-refractivity contribution in [1.82, 2.24) is 14.8 Å². The van der Waals surface area contributed by atoms with Crippen LogP contribution in [0.1, 0.15) is 55.6 Å². The highest BCUT2D eigenvalue weighted by atomic mass is 15.3. The van der Waals surface area contributed by atoms with E-state index in [9.17, 15) is 0 Å². The van der Waals surface area contributed by atoms with E-state index in [2.05, 4.69) is 41.3 Å². The van der Waals surface area contributed by atoms with Crippen LogP contribution in [0.2, 0.25) is 0 Å². The molecule has 1 aliphatic rings. The number of nitrogens with zero attached hydrogens (tertiary/aromatic N) is 3. The second kappa shape index (κ2) is 6.88. The summed E-state index contributed by atoms with van der Waals surface area (Å²) in [6.07, 6.45) is 11.6. The molecule has 1 saturated carbocycles. The van der Waals surface area contributed by atoms with Crippen LogP contribution in [0.3, 0.4) is 0 Å². The lowest BCUT2D eigenvalue weighted by molar-refractivity contribution is 0.284. The van der Waals surface area contributed by atoms with Gasteiger partial charge in [-0.2, -0.15) is 5.10 Å². The molecule has 0 saturated heterocycles. The first-order valence-corrected chi connectivity index (χ1v) is 8.22. The smallest absolute Gasteiger partial charge is 0.137 e. The second-order valence-corrected chi connectivity index (χ2v) is 6.36. The number of hydrogen-bond acceptors (Lipinski definition) is 2. The van der Waals surface area contributed by atoms with Crippen molar-refractivity contribution >= 4 is 0 Å². The van der Waals surface area contributed by atoms with Crippen LogP contribution in [-0.2, 0) is 6.54 Å². The van der Waals surface area contributed by atoms with Gasteiger partial charge in [-0.25, -0.2) is 4.98 Å². The Morgan fingerprint density at radius 2 is 1.90 bits per heavy atom. The predicted molar refractivity (Wildman–Crippen MR) is 85.1 cm³/mol. The summed E-state index contributed by atoms with van der Waals surface area (Å²) in [5, 5.41) is 4.25. The van der Waals surface area contributed by atoms with E-state index >= 15 is 0 Å². The van der Waals surface area contributed by atoms with Gasteiger partial charge >= 0.3 is 0 Å². The number of aryl methyl sites for hydroxylation is 2. The van der Waals surface area contributed by atoms with E-state index < -0.39 is 0 Å². The van der Waals surface area contributed by atoms with E-state index in [1.165, 1.54) is 43.2 Å². The highest BCUT2D eigenvalue weighted by Gasteiger charge is 2.24. The quantitative estimate of drug-likeness (QED) is 0.817. The molecule has 3 rings (SSSR count). The SMILES string of the molecule is Cc1ccc([C@@H](CCn2cncn2)C2CCCCC2)cc1. The third kappa shape index (κ3) is 3.72. The van der Waals surface area contributed by atoms with E-state index in [-0.39, 0.29) is 0 Å². The predicted octanol–water partition coefficient (Wildman–Crippen LogP) is 4.34. The summed E-state index contributed by atoms with van der Waals surface area (Å²) in [7, 11) is 0. The molecule has 0 radical (unpaired) electrons. The van der Waals surface area contributed by atoms with Crippen LogP contribution < -0.4 is 0 Å². The van der Waals surface area contributed by atoms with Gasteiger partial charge in [0, 0.05) is 6.54 Å². The molecule has 1 aromatic heterocycles. The normalized spacial score (nSPS) is 17.8. The van der Waals surface area contributed by atoms with Gasteiger partial charge in [0.25, 0.3) is 0 Å². The molecular formula is C18H25N3. The maximum Gasteiger partial charge on any atom is 0.137 e. The van der Waals surface area contributed by atoms with Crippen LogP contribution in [0, 0.1) is 12.8 Å². The van der Waals surface area contributed by atoms with E-state index in [0.717, 1.165) is 18.9 Å². The Balaban J connectivity index is 1.74. The van der Waals surface area contributed by atoms with Crippen LogP contribution >= 0.6 is 0 Å². The van der Waals surface area contributed by atoms with Gasteiger partial charge in [-0.15, -0.1) is 0 Å². The van der Waals surface area contributed by atoms with Gasteiger partial charge < -0.3 is 0 Å². The minimum Gasteiger partial charge on any atom is -0.253 e. The van der Waals surface area contributed by atoms with Crippen molar-refractivity contribution in [3.05, 3.63) is 48.0 Å². The molecule has 3 nitrogen and oxygen atoms in total. The van der Waals surface area contributed by atoms with Crippen LogP contribution in [0.4, 0.5) is 0 Å². The third-order valence-corrected chi connectivity index (χ3v) is 4.86. The zero-order chi connectivity index (χ0) is 14.5. The largest absolute Gasteiger partial charge is 0.253 e. The van der Waals surface area contributed by atoms with Gasteiger partial charge in [0.1, 0.15) is 12.7 Å². The molecule has 0 N–H and O–H groups in total. The minimum atomic E-state index is 0.662. The summed E-state index contributed by atoms with van der Waals surface area (Å²) in [6.45, 7) is 3.13. The van der Waals surface area contributed by atoms with Gasteiger partial charge in [0.15, 0.2) is 0 Å². The van der Waals surface area contributed by atoms with Gasteiger partial charge in [0.2, 0.25) is 0 Å². The van der Waals surface area contributed by atoms with Crippen LogP contribution in [0.5, 0.6) is 0 Å². The third-order valence-electron chi connectivity index (χ3n) is 4.86. The van der Waals surface area contributed by atoms with Gasteiger partial charge in [0.05, 0.1) is 0 Å². The summed E-state index contributed by atoms with van der Waals surface area (Å²) >= 11 is 0. The number of benzene rings is 1. The Morgan fingerprint density at radius 3 is 2.57 bits per heavy atom. The average Bonchev–Trinajstić information content (AvgIpc) is 3.04. The lowest BCUT2D eigenvalue weighted by Gasteiger charge is -2.31. The first-order valence-electron chi connectivity index (χ1n) is 8.22. The summed E-state index contributed by atoms with van der Waals surface area (Å²) < 4.78 is 1.96. The summed E-state index contributed by atoms with van der Waals surface area (Å²) in [4.78, 5) is 4.05. The summed E-state index contributed by atoms with van der Waals surface area (Å²) in [5.74, 6) is 1.50. The highest BCUT2D eigenvalue weighted by molar-refractivity contribution is 5.25. The molecule has 1 heterocycles. The topological polar surface area (TPSA) is 30.7 Å². The van der Waals surface area contributed by atoms with Crippen LogP contribution in [0.15, 0.2) is 36.9 Å². The minimum absolute atomic E-state index is 0.662. The van der Waals surface area contributed by atoms with Crippen molar-refractivity contribution < 1.29 is 0 Å². The molecule has 0 bridgehead atoms. The van der Waals surface area contributed by atoms with Crippen molar-refractivity contribution in [2.45, 2.75) is 57.9 Å². The Hall–Kier alpha value is -1.64. The molecule has 1 aromatic carbocycles. The fourth-order valence-electron chi connectivity index (χ4n) is 3.64. The maximum atomic E-state index is 4.25. The molecule has 1 atom stereocenters. The highest BCUT2D eigenvalue weighted by Crippen LogP contribution is 2.38. The number of hydrogen-bond donors (Lipinski definition) is 0. The molecule has 0 unspecified atom stereocenters. The maximum absolute atomic E-state index is 4.25. The van der Waals surface area contributed by atoms with Crippen molar-refractivity contribution in [1.29, 1.82) is 0 Å².